The van der Waals surface area contributed by atoms with Gasteiger partial charge in [0.05, 0.1) is 5.56 Å². The van der Waals surface area contributed by atoms with E-state index in [1.54, 1.807) is 0 Å². The topological polar surface area (TPSA) is 0 Å². The Balaban J connectivity index is 3.14. The van der Waals surface area contributed by atoms with Crippen LogP contribution in [0.2, 0.25) is 0 Å². The Labute approximate surface area is 86.8 Å². The number of hydrogen-bond donors (Lipinski definition) is 0. The maximum absolute atomic E-state index is 12.2. The summed E-state index contributed by atoms with van der Waals surface area (Å²) in [4.78, 5) is 0. The third-order valence-corrected chi connectivity index (χ3v) is 2.58. The zero-order valence-corrected chi connectivity index (χ0v) is 8.67. The van der Waals surface area contributed by atoms with Crippen molar-refractivity contribution in [3.63, 3.8) is 0 Å². The molecule has 0 fully saturated rings. The van der Waals surface area contributed by atoms with Crippen molar-refractivity contribution in [3.05, 3.63) is 33.8 Å². The van der Waals surface area contributed by atoms with E-state index in [2.05, 4.69) is 15.9 Å². The zero-order valence-electron chi connectivity index (χ0n) is 6.33. The van der Waals surface area contributed by atoms with Gasteiger partial charge in [-0.1, -0.05) is 15.9 Å². The van der Waals surface area contributed by atoms with Crippen molar-refractivity contribution in [1.29, 1.82) is 0 Å². The van der Waals surface area contributed by atoms with Crippen molar-refractivity contribution in [2.24, 2.45) is 0 Å². The molecule has 0 bridgehead atoms. The molecule has 1 aromatic rings. The van der Waals surface area contributed by atoms with E-state index in [1.165, 1.54) is 6.07 Å². The van der Waals surface area contributed by atoms with Crippen LogP contribution in [0.25, 0.3) is 0 Å². The highest BCUT2D eigenvalue weighted by molar-refractivity contribution is 9.10. The number of halogens is 5. The maximum Gasteiger partial charge on any atom is 0.416 e. The standard InChI is InChI=1S/C8H5BrClF3/c9-7-2-1-6(8(11,12)13)3-5(7)4-10/h1-3H,4H2. The lowest BCUT2D eigenvalue weighted by Gasteiger charge is -2.08. The molecule has 1 rings (SSSR count). The predicted octanol–water partition coefficient (Wildman–Crippen LogP) is 4.21. The van der Waals surface area contributed by atoms with E-state index in [0.717, 1.165) is 12.1 Å². The van der Waals surface area contributed by atoms with Gasteiger partial charge in [0, 0.05) is 10.4 Å². The summed E-state index contributed by atoms with van der Waals surface area (Å²) < 4.78 is 37.1. The number of alkyl halides is 4. The van der Waals surface area contributed by atoms with E-state index >= 15 is 0 Å². The van der Waals surface area contributed by atoms with E-state index < -0.39 is 11.7 Å². The summed E-state index contributed by atoms with van der Waals surface area (Å²) in [6.07, 6.45) is -4.30. The van der Waals surface area contributed by atoms with Gasteiger partial charge < -0.3 is 0 Å². The highest BCUT2D eigenvalue weighted by atomic mass is 79.9. The van der Waals surface area contributed by atoms with Crippen molar-refractivity contribution in [2.75, 3.05) is 0 Å². The smallest absolute Gasteiger partial charge is 0.166 e. The number of hydrogen-bond acceptors (Lipinski definition) is 0. The SMILES string of the molecule is FC(F)(F)c1ccc(Br)c(CCl)c1. The fraction of sp³-hybridized carbons (Fsp3) is 0.250. The van der Waals surface area contributed by atoms with Crippen LogP contribution in [-0.2, 0) is 12.1 Å². The second-order valence-electron chi connectivity index (χ2n) is 2.44. The first-order valence-electron chi connectivity index (χ1n) is 3.36. The highest BCUT2D eigenvalue weighted by Gasteiger charge is 2.30. The van der Waals surface area contributed by atoms with Gasteiger partial charge in [0.2, 0.25) is 0 Å². The first kappa shape index (κ1) is 10.9. The van der Waals surface area contributed by atoms with Crippen LogP contribution in [0.1, 0.15) is 11.1 Å². The molecule has 0 N–H and O–H groups in total. The van der Waals surface area contributed by atoms with Gasteiger partial charge in [0.1, 0.15) is 0 Å². The van der Waals surface area contributed by atoms with Crippen LogP contribution in [0.15, 0.2) is 22.7 Å². The molecule has 0 nitrogen and oxygen atoms in total. The van der Waals surface area contributed by atoms with E-state index in [-0.39, 0.29) is 5.88 Å². The molecule has 1 aromatic carbocycles. The van der Waals surface area contributed by atoms with Gasteiger partial charge in [0.25, 0.3) is 0 Å². The van der Waals surface area contributed by atoms with Crippen LogP contribution in [0.4, 0.5) is 13.2 Å². The number of benzene rings is 1. The van der Waals surface area contributed by atoms with E-state index in [9.17, 15) is 13.2 Å². The molecule has 0 heterocycles. The molecule has 0 amide bonds. The van der Waals surface area contributed by atoms with Crippen molar-refractivity contribution in [1.82, 2.24) is 0 Å². The van der Waals surface area contributed by atoms with Crippen molar-refractivity contribution in [2.45, 2.75) is 12.1 Å². The van der Waals surface area contributed by atoms with E-state index in [0.29, 0.717) is 10.0 Å². The second-order valence-corrected chi connectivity index (χ2v) is 3.56. The van der Waals surface area contributed by atoms with Gasteiger partial charge in [-0.2, -0.15) is 13.2 Å². The highest BCUT2D eigenvalue weighted by Crippen LogP contribution is 2.32. The third-order valence-electron chi connectivity index (χ3n) is 1.52. The molecule has 0 aliphatic carbocycles. The van der Waals surface area contributed by atoms with Gasteiger partial charge in [-0.3, -0.25) is 0 Å². The van der Waals surface area contributed by atoms with Gasteiger partial charge in [-0.05, 0) is 23.8 Å². The molecular weight excluding hydrogens is 268 g/mol. The maximum atomic E-state index is 12.2. The minimum atomic E-state index is -4.30. The van der Waals surface area contributed by atoms with Crippen molar-refractivity contribution in [3.8, 4) is 0 Å². The fourth-order valence-electron chi connectivity index (χ4n) is 0.853. The monoisotopic (exact) mass is 272 g/mol. The van der Waals surface area contributed by atoms with Crippen LogP contribution in [-0.4, -0.2) is 0 Å². The Morgan fingerprint density at radius 3 is 2.38 bits per heavy atom. The number of rotatable bonds is 1. The van der Waals surface area contributed by atoms with Crippen LogP contribution < -0.4 is 0 Å². The summed E-state index contributed by atoms with van der Waals surface area (Å²) in [7, 11) is 0. The van der Waals surface area contributed by atoms with Crippen LogP contribution >= 0.6 is 27.5 Å². The summed E-state index contributed by atoms with van der Waals surface area (Å²) in [5, 5.41) is 0. The quantitative estimate of drug-likeness (QED) is 0.673. The molecule has 0 aliphatic heterocycles. The molecular formula is C8H5BrClF3. The minimum Gasteiger partial charge on any atom is -0.166 e. The molecule has 72 valence electrons. The summed E-state index contributed by atoms with van der Waals surface area (Å²) >= 11 is 8.56. The lowest BCUT2D eigenvalue weighted by molar-refractivity contribution is -0.137. The van der Waals surface area contributed by atoms with E-state index in [4.69, 9.17) is 11.6 Å². The van der Waals surface area contributed by atoms with E-state index in [1.807, 2.05) is 0 Å². The van der Waals surface area contributed by atoms with Gasteiger partial charge in [0.15, 0.2) is 0 Å². The molecule has 5 heteroatoms. The van der Waals surface area contributed by atoms with Crippen LogP contribution in [0.3, 0.4) is 0 Å². The first-order chi connectivity index (χ1) is 5.95. The van der Waals surface area contributed by atoms with Crippen LogP contribution in [0, 0.1) is 0 Å². The average molecular weight is 273 g/mol. The molecule has 0 radical (unpaired) electrons. The summed E-state index contributed by atoms with van der Waals surface area (Å²) in [6, 6.07) is 3.40. The molecule has 0 unspecified atom stereocenters. The zero-order chi connectivity index (χ0) is 10.1. The normalized spacial score (nSPS) is 11.8. The van der Waals surface area contributed by atoms with Crippen molar-refractivity contribution >= 4 is 27.5 Å². The Kier molecular flexibility index (Phi) is 3.24. The third kappa shape index (κ3) is 2.61. The summed E-state index contributed by atoms with van der Waals surface area (Å²) in [5.41, 5.74) is -0.233. The lowest BCUT2D eigenvalue weighted by atomic mass is 10.1. The Morgan fingerprint density at radius 1 is 1.31 bits per heavy atom. The fourth-order valence-corrected chi connectivity index (χ4v) is 1.62. The molecule has 0 saturated heterocycles. The Hall–Kier alpha value is -0.220. The van der Waals surface area contributed by atoms with Gasteiger partial charge in [-0.25, -0.2) is 0 Å². The second kappa shape index (κ2) is 3.88. The molecule has 0 saturated carbocycles. The first-order valence-corrected chi connectivity index (χ1v) is 4.69. The summed E-state index contributed by atoms with van der Waals surface area (Å²) in [5.74, 6) is 0.0600. The molecule has 0 aromatic heterocycles. The van der Waals surface area contributed by atoms with Gasteiger partial charge >= 0.3 is 6.18 Å². The Bertz CT molecular complexity index is 309. The predicted molar refractivity (Wildman–Crippen MR) is 48.7 cm³/mol. The molecule has 0 spiro atoms. The largest absolute Gasteiger partial charge is 0.416 e. The van der Waals surface area contributed by atoms with Crippen molar-refractivity contribution < 1.29 is 13.2 Å². The van der Waals surface area contributed by atoms with Gasteiger partial charge in [-0.15, -0.1) is 11.6 Å². The average Bonchev–Trinajstić information content (AvgIpc) is 2.03. The molecule has 0 atom stereocenters. The molecule has 13 heavy (non-hydrogen) atoms. The molecule has 0 aliphatic rings. The Morgan fingerprint density at radius 2 is 1.92 bits per heavy atom. The summed E-state index contributed by atoms with van der Waals surface area (Å²) in [6.45, 7) is 0. The minimum absolute atomic E-state index is 0.0600. The lowest BCUT2D eigenvalue weighted by Crippen LogP contribution is -2.05. The van der Waals surface area contributed by atoms with Crippen LogP contribution in [0.5, 0.6) is 0 Å².